The van der Waals surface area contributed by atoms with Gasteiger partial charge in [0.1, 0.15) is 0 Å². The first-order valence-electron chi connectivity index (χ1n) is 8.79. The summed E-state index contributed by atoms with van der Waals surface area (Å²) < 4.78 is 0. The van der Waals surface area contributed by atoms with E-state index in [1.165, 1.54) is 23.1 Å². The van der Waals surface area contributed by atoms with Crippen LogP contribution >= 0.6 is 11.3 Å². The molecule has 0 bridgehead atoms. The lowest BCUT2D eigenvalue weighted by molar-refractivity contribution is 0.280. The van der Waals surface area contributed by atoms with Crippen molar-refractivity contribution in [2.75, 3.05) is 6.54 Å². The van der Waals surface area contributed by atoms with Gasteiger partial charge in [-0.1, -0.05) is 48.2 Å². The van der Waals surface area contributed by atoms with Crippen LogP contribution in [0.15, 0.2) is 65.4 Å². The molecule has 0 spiro atoms. The summed E-state index contributed by atoms with van der Waals surface area (Å²) >= 11 is 1.69. The summed E-state index contributed by atoms with van der Waals surface area (Å²) in [7, 11) is 0. The lowest BCUT2D eigenvalue weighted by atomic mass is 10.1. The zero-order valence-corrected chi connectivity index (χ0v) is 15.1. The van der Waals surface area contributed by atoms with Crippen LogP contribution in [0.1, 0.15) is 34.2 Å². The molecular formula is C23H21NS. The first-order chi connectivity index (χ1) is 12.4. The molecule has 1 nitrogen and oxygen atoms in total. The van der Waals surface area contributed by atoms with Crippen molar-refractivity contribution < 1.29 is 0 Å². The molecule has 1 aliphatic heterocycles. The Hall–Kier alpha value is -2.34. The molecule has 0 atom stereocenters. The Balaban J connectivity index is 1.31. The average Bonchev–Trinajstić information content (AvgIpc) is 3.29. The minimum Gasteiger partial charge on any atom is -0.295 e. The van der Waals surface area contributed by atoms with E-state index in [1.54, 1.807) is 11.3 Å². The van der Waals surface area contributed by atoms with Gasteiger partial charge in [-0.25, -0.2) is 0 Å². The Labute approximate surface area is 153 Å². The number of aryl methyl sites for hydroxylation is 1. The van der Waals surface area contributed by atoms with Gasteiger partial charge < -0.3 is 0 Å². The highest BCUT2D eigenvalue weighted by Crippen LogP contribution is 2.22. The van der Waals surface area contributed by atoms with Gasteiger partial charge in [0, 0.05) is 29.6 Å². The maximum Gasteiger partial charge on any atom is 0.0356 e. The highest BCUT2D eigenvalue weighted by molar-refractivity contribution is 7.08. The highest BCUT2D eigenvalue weighted by atomic mass is 32.1. The molecule has 4 rings (SSSR count). The summed E-state index contributed by atoms with van der Waals surface area (Å²) in [6, 6.07) is 19.5. The van der Waals surface area contributed by atoms with Crippen LogP contribution in [0.4, 0.5) is 0 Å². The van der Waals surface area contributed by atoms with Crippen LogP contribution in [-0.4, -0.2) is 11.4 Å². The van der Waals surface area contributed by atoms with Crippen LogP contribution in [0.25, 0.3) is 0 Å². The molecule has 0 N–H and O–H groups in total. The quantitative estimate of drug-likeness (QED) is 0.596. The van der Waals surface area contributed by atoms with Crippen molar-refractivity contribution >= 4 is 11.3 Å². The number of hydrogen-bond acceptors (Lipinski definition) is 2. The number of hydrogen-bond donors (Lipinski definition) is 0. The summed E-state index contributed by atoms with van der Waals surface area (Å²) in [5.74, 6) is 6.51. The first kappa shape index (κ1) is 16.1. The van der Waals surface area contributed by atoms with Gasteiger partial charge in [0.25, 0.3) is 0 Å². The Morgan fingerprint density at radius 2 is 1.68 bits per heavy atom. The van der Waals surface area contributed by atoms with Gasteiger partial charge in [0.2, 0.25) is 0 Å². The van der Waals surface area contributed by atoms with E-state index in [0.29, 0.717) is 0 Å². The second-order valence-electron chi connectivity index (χ2n) is 6.55. The van der Waals surface area contributed by atoms with Crippen LogP contribution in [-0.2, 0) is 19.5 Å². The molecular weight excluding hydrogens is 322 g/mol. The predicted molar refractivity (Wildman–Crippen MR) is 106 cm³/mol. The van der Waals surface area contributed by atoms with Gasteiger partial charge in [-0.3, -0.25) is 4.90 Å². The minimum atomic E-state index is 1.10. The Kier molecular flexibility index (Phi) is 4.97. The van der Waals surface area contributed by atoms with E-state index in [-0.39, 0.29) is 0 Å². The fraction of sp³-hybridized carbons (Fsp3) is 0.217. The smallest absolute Gasteiger partial charge is 0.0356 e. The number of benzene rings is 2. The van der Waals surface area contributed by atoms with Gasteiger partial charge in [-0.05, 0) is 59.7 Å². The number of nitrogens with zero attached hydrogens (tertiary/aromatic N) is 1. The lowest BCUT2D eigenvalue weighted by Gasteiger charge is -2.14. The Morgan fingerprint density at radius 3 is 2.44 bits per heavy atom. The van der Waals surface area contributed by atoms with Crippen molar-refractivity contribution in [1.29, 1.82) is 0 Å². The van der Waals surface area contributed by atoms with E-state index in [2.05, 4.69) is 82.1 Å². The molecule has 2 aromatic carbocycles. The summed E-state index contributed by atoms with van der Waals surface area (Å²) in [5.41, 5.74) is 6.58. The largest absolute Gasteiger partial charge is 0.295 e. The van der Waals surface area contributed by atoms with E-state index in [4.69, 9.17) is 0 Å². The van der Waals surface area contributed by atoms with E-state index in [1.807, 2.05) is 0 Å². The lowest BCUT2D eigenvalue weighted by Crippen LogP contribution is -2.18. The summed E-state index contributed by atoms with van der Waals surface area (Å²) in [6.07, 6.45) is 2.30. The molecule has 0 saturated heterocycles. The van der Waals surface area contributed by atoms with Gasteiger partial charge >= 0.3 is 0 Å². The standard InChI is InChI=1S/C23H21NS/c1-2-9-23-17-24(16-22(23)8-1)13-4-7-19-5-3-6-20(15-19)10-11-21-12-14-25-18-21/h1-3,5-6,8-9,12,14-15,18H,4,7,13,16-17H2. The zero-order chi connectivity index (χ0) is 16.9. The normalized spacial score (nSPS) is 13.3. The molecule has 25 heavy (non-hydrogen) atoms. The first-order valence-corrected chi connectivity index (χ1v) is 9.73. The molecule has 1 aliphatic rings. The molecule has 1 aromatic heterocycles. The van der Waals surface area contributed by atoms with Gasteiger partial charge in [-0.15, -0.1) is 0 Å². The molecule has 0 unspecified atom stereocenters. The molecule has 0 aliphatic carbocycles. The Morgan fingerprint density at radius 1 is 0.880 bits per heavy atom. The van der Waals surface area contributed by atoms with E-state index >= 15 is 0 Å². The SMILES string of the molecule is C(#Cc1cccc(CCCN2Cc3ccccc3C2)c1)c1ccsc1. The second kappa shape index (κ2) is 7.70. The van der Waals surface area contributed by atoms with Crippen molar-refractivity contribution in [3.63, 3.8) is 0 Å². The number of fused-ring (bicyclic) bond motifs is 1. The van der Waals surface area contributed by atoms with Crippen molar-refractivity contribution in [3.8, 4) is 11.8 Å². The van der Waals surface area contributed by atoms with Crippen LogP contribution in [0.2, 0.25) is 0 Å². The van der Waals surface area contributed by atoms with Crippen molar-refractivity contribution in [1.82, 2.24) is 4.90 Å². The monoisotopic (exact) mass is 343 g/mol. The molecule has 2 heterocycles. The molecule has 2 heteroatoms. The minimum absolute atomic E-state index is 1.10. The van der Waals surface area contributed by atoms with Gasteiger partial charge in [-0.2, -0.15) is 11.3 Å². The summed E-state index contributed by atoms with van der Waals surface area (Å²) in [4.78, 5) is 2.55. The van der Waals surface area contributed by atoms with Crippen LogP contribution in [0.5, 0.6) is 0 Å². The Bertz CT molecular complexity index is 874. The maximum atomic E-state index is 3.28. The number of rotatable bonds is 4. The van der Waals surface area contributed by atoms with Crippen LogP contribution in [0, 0.1) is 11.8 Å². The molecule has 3 aromatic rings. The van der Waals surface area contributed by atoms with Gasteiger partial charge in [0.05, 0.1) is 0 Å². The average molecular weight is 343 g/mol. The maximum absolute atomic E-state index is 3.28. The van der Waals surface area contributed by atoms with Crippen LogP contribution in [0.3, 0.4) is 0 Å². The molecule has 124 valence electrons. The van der Waals surface area contributed by atoms with E-state index in [0.717, 1.165) is 37.2 Å². The van der Waals surface area contributed by atoms with E-state index in [9.17, 15) is 0 Å². The fourth-order valence-corrected chi connectivity index (χ4v) is 3.94. The molecule has 0 saturated carbocycles. The second-order valence-corrected chi connectivity index (χ2v) is 7.33. The topological polar surface area (TPSA) is 3.24 Å². The van der Waals surface area contributed by atoms with Crippen LogP contribution < -0.4 is 0 Å². The van der Waals surface area contributed by atoms with E-state index < -0.39 is 0 Å². The molecule has 0 radical (unpaired) electrons. The summed E-state index contributed by atoms with van der Waals surface area (Å²) in [6.45, 7) is 3.35. The zero-order valence-electron chi connectivity index (χ0n) is 14.2. The third-order valence-corrected chi connectivity index (χ3v) is 5.33. The highest BCUT2D eigenvalue weighted by Gasteiger charge is 2.17. The predicted octanol–water partition coefficient (Wildman–Crippen LogP) is 5.10. The van der Waals surface area contributed by atoms with Crippen molar-refractivity contribution in [2.45, 2.75) is 25.9 Å². The summed E-state index contributed by atoms with van der Waals surface area (Å²) in [5, 5.41) is 4.15. The van der Waals surface area contributed by atoms with Gasteiger partial charge in [0.15, 0.2) is 0 Å². The van der Waals surface area contributed by atoms with Crippen molar-refractivity contribution in [3.05, 3.63) is 93.2 Å². The van der Waals surface area contributed by atoms with Crippen molar-refractivity contribution in [2.24, 2.45) is 0 Å². The number of thiophene rings is 1. The molecule has 0 fully saturated rings. The third-order valence-electron chi connectivity index (χ3n) is 4.65. The molecule has 0 amide bonds. The third kappa shape index (κ3) is 4.20. The fourth-order valence-electron chi connectivity index (χ4n) is 3.35.